The van der Waals surface area contributed by atoms with Gasteiger partial charge in [0, 0.05) is 31.9 Å². The summed E-state index contributed by atoms with van der Waals surface area (Å²) in [7, 11) is 0. The molecule has 3 saturated heterocycles. The van der Waals surface area contributed by atoms with Crippen LogP contribution >= 0.6 is 11.8 Å². The lowest BCUT2D eigenvalue weighted by Gasteiger charge is -2.42. The van der Waals surface area contributed by atoms with Gasteiger partial charge in [0.05, 0.1) is 25.3 Å². The van der Waals surface area contributed by atoms with Gasteiger partial charge < -0.3 is 15.4 Å². The summed E-state index contributed by atoms with van der Waals surface area (Å²) in [6.07, 6.45) is 5.06. The van der Waals surface area contributed by atoms with Gasteiger partial charge in [-0.1, -0.05) is 0 Å². The Morgan fingerprint density at radius 3 is 2.57 bits per heavy atom. The third-order valence-corrected chi connectivity index (χ3v) is 6.21. The van der Waals surface area contributed by atoms with Crippen molar-refractivity contribution < 1.29 is 4.74 Å². The van der Waals surface area contributed by atoms with Crippen molar-refractivity contribution in [1.82, 2.24) is 9.80 Å². The Kier molecular flexibility index (Phi) is 5.29. The first kappa shape index (κ1) is 15.4. The van der Waals surface area contributed by atoms with Crippen LogP contribution in [0, 0.1) is 0 Å². The number of thioether (sulfide) groups is 1. The van der Waals surface area contributed by atoms with Gasteiger partial charge >= 0.3 is 0 Å². The fraction of sp³-hybridized carbons (Fsp3) is 0.933. The molecule has 21 heavy (non-hydrogen) atoms. The van der Waals surface area contributed by atoms with E-state index in [1.54, 1.807) is 0 Å². The van der Waals surface area contributed by atoms with Gasteiger partial charge in [0.1, 0.15) is 0 Å². The Morgan fingerprint density at radius 2 is 1.90 bits per heavy atom. The van der Waals surface area contributed by atoms with E-state index >= 15 is 0 Å². The summed E-state index contributed by atoms with van der Waals surface area (Å²) in [5, 5.41) is 0. The minimum atomic E-state index is 0.217. The van der Waals surface area contributed by atoms with Crippen molar-refractivity contribution in [2.24, 2.45) is 10.7 Å². The molecule has 5 nitrogen and oxygen atoms in total. The molecule has 0 aromatic rings. The zero-order valence-electron chi connectivity index (χ0n) is 12.9. The number of piperidine rings is 1. The van der Waals surface area contributed by atoms with Gasteiger partial charge in [0.25, 0.3) is 0 Å². The van der Waals surface area contributed by atoms with Crippen LogP contribution in [0.15, 0.2) is 4.99 Å². The van der Waals surface area contributed by atoms with E-state index in [9.17, 15) is 0 Å². The van der Waals surface area contributed by atoms with Gasteiger partial charge in [-0.15, -0.1) is 0 Å². The minimum Gasteiger partial charge on any atom is -0.379 e. The number of guanidine groups is 1. The van der Waals surface area contributed by atoms with Crippen molar-refractivity contribution in [3.63, 3.8) is 0 Å². The normalized spacial score (nSPS) is 32.6. The molecule has 1 atom stereocenters. The number of nitrogens with zero attached hydrogens (tertiary/aromatic N) is 3. The molecule has 3 aliphatic heterocycles. The van der Waals surface area contributed by atoms with Gasteiger partial charge in [-0.25, -0.2) is 0 Å². The molecule has 0 bridgehead atoms. The molecule has 3 heterocycles. The summed E-state index contributed by atoms with van der Waals surface area (Å²) in [6, 6.07) is 0. The molecule has 0 aromatic heterocycles. The summed E-state index contributed by atoms with van der Waals surface area (Å²) in [4.78, 5) is 9.66. The first-order valence-corrected chi connectivity index (χ1v) is 9.41. The van der Waals surface area contributed by atoms with Gasteiger partial charge in [-0.2, -0.15) is 11.8 Å². The molecule has 0 aromatic carbocycles. The van der Waals surface area contributed by atoms with Crippen molar-refractivity contribution in [3.05, 3.63) is 0 Å². The zero-order valence-corrected chi connectivity index (χ0v) is 13.7. The van der Waals surface area contributed by atoms with E-state index in [4.69, 9.17) is 15.5 Å². The number of hydrogen-bond donors (Lipinski definition) is 1. The van der Waals surface area contributed by atoms with Crippen LogP contribution in [0.1, 0.15) is 25.7 Å². The number of likely N-dealkylation sites (tertiary alicyclic amines) is 1. The predicted octanol–water partition coefficient (Wildman–Crippen LogP) is 0.995. The number of rotatable bonds is 3. The standard InChI is InChI=1S/C15H28N4OS/c16-14(18-5-2-1-3-6-18)17-12-15(4-11-21-13-15)19-7-9-20-10-8-19/h1-13H2,(H2,16,17). The van der Waals surface area contributed by atoms with E-state index in [1.807, 2.05) is 0 Å². The SMILES string of the molecule is NC(=NCC1(N2CCOCC2)CCSC1)N1CCCCC1. The Balaban J connectivity index is 1.64. The average molecular weight is 312 g/mol. The molecule has 6 heteroatoms. The number of aliphatic imine (C=N–C) groups is 1. The van der Waals surface area contributed by atoms with E-state index in [2.05, 4.69) is 21.6 Å². The van der Waals surface area contributed by atoms with Crippen molar-refractivity contribution >= 4 is 17.7 Å². The average Bonchev–Trinajstić information content (AvgIpc) is 3.04. The second kappa shape index (κ2) is 7.20. The van der Waals surface area contributed by atoms with Crippen LogP contribution in [0.5, 0.6) is 0 Å². The molecule has 3 rings (SSSR count). The van der Waals surface area contributed by atoms with Crippen LogP contribution in [0.3, 0.4) is 0 Å². The monoisotopic (exact) mass is 312 g/mol. The van der Waals surface area contributed by atoms with E-state index in [0.29, 0.717) is 0 Å². The van der Waals surface area contributed by atoms with Gasteiger partial charge in [-0.3, -0.25) is 9.89 Å². The molecule has 0 amide bonds. The number of ether oxygens (including phenoxy) is 1. The second-order valence-electron chi connectivity index (χ2n) is 6.35. The maximum absolute atomic E-state index is 6.24. The largest absolute Gasteiger partial charge is 0.379 e. The summed E-state index contributed by atoms with van der Waals surface area (Å²) in [6.45, 7) is 6.81. The molecular formula is C15H28N4OS. The third kappa shape index (κ3) is 3.66. The maximum atomic E-state index is 6.24. The lowest BCUT2D eigenvalue weighted by Crippen LogP contribution is -2.56. The molecule has 0 saturated carbocycles. The highest BCUT2D eigenvalue weighted by Gasteiger charge is 2.40. The minimum absolute atomic E-state index is 0.217. The summed E-state index contributed by atoms with van der Waals surface area (Å²) in [5.41, 5.74) is 6.46. The third-order valence-electron chi connectivity index (χ3n) is 4.98. The first-order chi connectivity index (χ1) is 10.3. The van der Waals surface area contributed by atoms with Crippen LogP contribution in [-0.4, -0.2) is 78.7 Å². The predicted molar refractivity (Wildman–Crippen MR) is 89.0 cm³/mol. The molecule has 0 radical (unpaired) electrons. The summed E-state index contributed by atoms with van der Waals surface area (Å²) >= 11 is 2.06. The lowest BCUT2D eigenvalue weighted by atomic mass is 9.96. The number of nitrogens with two attached hydrogens (primary N) is 1. The van der Waals surface area contributed by atoms with Crippen molar-refractivity contribution in [2.75, 3.05) is 57.4 Å². The topological polar surface area (TPSA) is 54.1 Å². The molecule has 3 fully saturated rings. The van der Waals surface area contributed by atoms with E-state index in [0.717, 1.165) is 51.9 Å². The Hall–Kier alpha value is -0.460. The number of hydrogen-bond acceptors (Lipinski definition) is 4. The molecule has 0 spiro atoms. The van der Waals surface area contributed by atoms with Crippen molar-refractivity contribution in [2.45, 2.75) is 31.2 Å². The Labute approximate surface area is 132 Å². The van der Waals surface area contributed by atoms with Crippen LogP contribution in [-0.2, 0) is 4.74 Å². The number of morpholine rings is 1. The van der Waals surface area contributed by atoms with Crippen LogP contribution < -0.4 is 5.73 Å². The summed E-state index contributed by atoms with van der Waals surface area (Å²) in [5.74, 6) is 3.19. The van der Waals surface area contributed by atoms with Crippen LogP contribution in [0.25, 0.3) is 0 Å². The summed E-state index contributed by atoms with van der Waals surface area (Å²) < 4.78 is 5.51. The van der Waals surface area contributed by atoms with E-state index in [1.165, 1.54) is 37.2 Å². The quantitative estimate of drug-likeness (QED) is 0.622. The zero-order chi connectivity index (χ0) is 14.5. The highest BCUT2D eigenvalue weighted by Crippen LogP contribution is 2.34. The molecule has 0 aliphatic carbocycles. The molecule has 1 unspecified atom stereocenters. The lowest BCUT2D eigenvalue weighted by molar-refractivity contribution is -0.0105. The molecule has 2 N–H and O–H groups in total. The Morgan fingerprint density at radius 1 is 1.14 bits per heavy atom. The molecule has 3 aliphatic rings. The van der Waals surface area contributed by atoms with Crippen molar-refractivity contribution in [1.29, 1.82) is 0 Å². The van der Waals surface area contributed by atoms with E-state index < -0.39 is 0 Å². The molecule has 120 valence electrons. The fourth-order valence-electron chi connectivity index (χ4n) is 3.56. The van der Waals surface area contributed by atoms with Gasteiger partial charge in [0.2, 0.25) is 0 Å². The fourth-order valence-corrected chi connectivity index (χ4v) is 5.03. The van der Waals surface area contributed by atoms with E-state index in [-0.39, 0.29) is 5.54 Å². The Bertz CT molecular complexity index is 359. The van der Waals surface area contributed by atoms with Gasteiger partial charge in [0.15, 0.2) is 5.96 Å². The maximum Gasteiger partial charge on any atom is 0.191 e. The van der Waals surface area contributed by atoms with Crippen molar-refractivity contribution in [3.8, 4) is 0 Å². The van der Waals surface area contributed by atoms with Crippen LogP contribution in [0.2, 0.25) is 0 Å². The smallest absolute Gasteiger partial charge is 0.191 e. The van der Waals surface area contributed by atoms with Gasteiger partial charge in [-0.05, 0) is 31.4 Å². The highest BCUT2D eigenvalue weighted by atomic mass is 32.2. The highest BCUT2D eigenvalue weighted by molar-refractivity contribution is 7.99. The second-order valence-corrected chi connectivity index (χ2v) is 7.45. The van der Waals surface area contributed by atoms with Crippen LogP contribution in [0.4, 0.5) is 0 Å². The first-order valence-electron chi connectivity index (χ1n) is 8.26. The molecular weight excluding hydrogens is 284 g/mol.